The lowest BCUT2D eigenvalue weighted by atomic mass is 9.89. The molecule has 0 aromatic carbocycles. The normalized spacial score (nSPS) is 15.9. The van der Waals surface area contributed by atoms with Crippen molar-refractivity contribution in [3.63, 3.8) is 0 Å². The molecular formula is C11H20N2O. The van der Waals surface area contributed by atoms with Crippen LogP contribution in [0.4, 0.5) is 0 Å². The highest BCUT2D eigenvalue weighted by Crippen LogP contribution is 2.20. The highest BCUT2D eigenvalue weighted by Gasteiger charge is 2.26. The van der Waals surface area contributed by atoms with Crippen molar-refractivity contribution in [2.45, 2.75) is 46.3 Å². The third-order valence-corrected chi connectivity index (χ3v) is 2.90. The number of imidazole rings is 1. The van der Waals surface area contributed by atoms with E-state index in [4.69, 9.17) is 0 Å². The van der Waals surface area contributed by atoms with Gasteiger partial charge in [-0.05, 0) is 19.8 Å². The second kappa shape index (κ2) is 4.13. The molecule has 0 spiro atoms. The first kappa shape index (κ1) is 11.2. The monoisotopic (exact) mass is 196 g/mol. The lowest BCUT2D eigenvalue weighted by molar-refractivity contribution is 0.0114. The van der Waals surface area contributed by atoms with Gasteiger partial charge in [0.25, 0.3) is 0 Å². The molecular weight excluding hydrogens is 176 g/mol. The van der Waals surface area contributed by atoms with E-state index in [-0.39, 0.29) is 5.92 Å². The molecule has 1 unspecified atom stereocenters. The number of hydrogen-bond acceptors (Lipinski definition) is 2. The molecule has 3 nitrogen and oxygen atoms in total. The summed E-state index contributed by atoms with van der Waals surface area (Å²) in [5.41, 5.74) is -0.668. The van der Waals surface area contributed by atoms with Crippen LogP contribution in [0.15, 0.2) is 12.4 Å². The van der Waals surface area contributed by atoms with Crippen LogP contribution in [0.25, 0.3) is 0 Å². The van der Waals surface area contributed by atoms with Gasteiger partial charge < -0.3 is 9.67 Å². The van der Waals surface area contributed by atoms with E-state index in [2.05, 4.69) is 16.5 Å². The molecule has 0 aliphatic carbocycles. The Balaban J connectivity index is 2.78. The molecule has 80 valence electrons. The van der Waals surface area contributed by atoms with Crippen molar-refractivity contribution in [1.29, 1.82) is 0 Å². The van der Waals surface area contributed by atoms with Gasteiger partial charge in [-0.25, -0.2) is 4.98 Å². The second-order valence-corrected chi connectivity index (χ2v) is 4.32. The van der Waals surface area contributed by atoms with Crippen molar-refractivity contribution in [3.05, 3.63) is 18.2 Å². The Hall–Kier alpha value is -0.830. The number of aliphatic hydroxyl groups is 1. The fraction of sp³-hybridized carbons (Fsp3) is 0.727. The predicted molar refractivity (Wildman–Crippen MR) is 57.1 cm³/mol. The van der Waals surface area contributed by atoms with Gasteiger partial charge in [-0.1, -0.05) is 13.8 Å². The molecule has 1 heterocycles. The van der Waals surface area contributed by atoms with Crippen LogP contribution in [0.2, 0.25) is 0 Å². The first-order valence-corrected chi connectivity index (χ1v) is 5.19. The molecule has 0 saturated carbocycles. The first-order valence-electron chi connectivity index (χ1n) is 5.19. The number of rotatable bonds is 4. The third kappa shape index (κ3) is 2.35. The van der Waals surface area contributed by atoms with Crippen LogP contribution < -0.4 is 0 Å². The van der Waals surface area contributed by atoms with E-state index in [1.54, 1.807) is 6.20 Å². The highest BCUT2D eigenvalue weighted by molar-refractivity contribution is 4.98. The molecule has 3 heteroatoms. The zero-order chi connectivity index (χ0) is 10.8. The van der Waals surface area contributed by atoms with Gasteiger partial charge in [0.1, 0.15) is 5.82 Å². The lowest BCUT2D eigenvalue weighted by Crippen LogP contribution is -2.34. The van der Waals surface area contributed by atoms with Gasteiger partial charge in [0.15, 0.2) is 0 Å². The first-order chi connectivity index (χ1) is 6.47. The quantitative estimate of drug-likeness (QED) is 0.798. The van der Waals surface area contributed by atoms with Crippen molar-refractivity contribution in [1.82, 2.24) is 9.55 Å². The number of nitrogens with zero attached hydrogens (tertiary/aromatic N) is 2. The van der Waals surface area contributed by atoms with Gasteiger partial charge in [0, 0.05) is 25.4 Å². The minimum atomic E-state index is -0.668. The molecule has 0 aliphatic heterocycles. The molecule has 1 rings (SSSR count). The van der Waals surface area contributed by atoms with E-state index in [1.807, 2.05) is 27.0 Å². The van der Waals surface area contributed by atoms with E-state index >= 15 is 0 Å². The fourth-order valence-corrected chi connectivity index (χ4v) is 1.32. The summed E-state index contributed by atoms with van der Waals surface area (Å²) in [6.45, 7) is 8.91. The Kier molecular flexibility index (Phi) is 3.32. The van der Waals surface area contributed by atoms with Crippen molar-refractivity contribution >= 4 is 0 Å². The average molecular weight is 196 g/mol. The van der Waals surface area contributed by atoms with Gasteiger partial charge in [-0.3, -0.25) is 0 Å². The Morgan fingerprint density at radius 2 is 2.21 bits per heavy atom. The summed E-state index contributed by atoms with van der Waals surface area (Å²) >= 11 is 0. The predicted octanol–water partition coefficient (Wildman–Crippen LogP) is 1.85. The summed E-state index contributed by atoms with van der Waals surface area (Å²) in [7, 11) is 0. The molecule has 1 aromatic heterocycles. The Bertz CT molecular complexity index is 289. The fourth-order valence-electron chi connectivity index (χ4n) is 1.32. The molecule has 0 bridgehead atoms. The van der Waals surface area contributed by atoms with E-state index in [9.17, 15) is 5.11 Å². The highest BCUT2D eigenvalue weighted by atomic mass is 16.3. The zero-order valence-electron chi connectivity index (χ0n) is 9.49. The summed E-state index contributed by atoms with van der Waals surface area (Å²) in [6.07, 6.45) is 4.35. The van der Waals surface area contributed by atoms with Crippen LogP contribution in [0, 0.1) is 5.92 Å². The maximum Gasteiger partial charge on any atom is 0.111 e. The van der Waals surface area contributed by atoms with Gasteiger partial charge in [0.2, 0.25) is 0 Å². The topological polar surface area (TPSA) is 38.0 Å². The minimum Gasteiger partial charge on any atom is -0.389 e. The molecule has 1 N–H and O–H groups in total. The van der Waals surface area contributed by atoms with E-state index in [0.717, 1.165) is 12.4 Å². The van der Waals surface area contributed by atoms with Gasteiger partial charge >= 0.3 is 0 Å². The Morgan fingerprint density at radius 3 is 2.71 bits per heavy atom. The zero-order valence-corrected chi connectivity index (χ0v) is 9.49. The van der Waals surface area contributed by atoms with Crippen LogP contribution in [0.1, 0.15) is 33.5 Å². The summed E-state index contributed by atoms with van der Waals surface area (Å²) in [5.74, 6) is 1.20. The second-order valence-electron chi connectivity index (χ2n) is 4.32. The molecule has 0 saturated heterocycles. The molecule has 1 aromatic rings. The molecule has 0 radical (unpaired) electrons. The van der Waals surface area contributed by atoms with E-state index in [0.29, 0.717) is 6.42 Å². The minimum absolute atomic E-state index is 0.240. The van der Waals surface area contributed by atoms with Crippen LogP contribution in [0.3, 0.4) is 0 Å². The largest absolute Gasteiger partial charge is 0.389 e. The summed E-state index contributed by atoms with van der Waals surface area (Å²) < 4.78 is 2.07. The Morgan fingerprint density at radius 1 is 1.57 bits per heavy atom. The maximum absolute atomic E-state index is 10.1. The summed E-state index contributed by atoms with van der Waals surface area (Å²) in [5, 5.41) is 10.1. The molecule has 0 aliphatic rings. The van der Waals surface area contributed by atoms with Crippen LogP contribution in [-0.4, -0.2) is 20.3 Å². The van der Waals surface area contributed by atoms with Crippen molar-refractivity contribution in [2.75, 3.05) is 0 Å². The summed E-state index contributed by atoms with van der Waals surface area (Å²) in [6, 6.07) is 0. The number of aryl methyl sites for hydroxylation is 1. The molecule has 1 atom stereocenters. The molecule has 0 fully saturated rings. The van der Waals surface area contributed by atoms with Crippen molar-refractivity contribution < 1.29 is 5.11 Å². The van der Waals surface area contributed by atoms with E-state index < -0.39 is 5.60 Å². The van der Waals surface area contributed by atoms with Crippen LogP contribution in [-0.2, 0) is 13.0 Å². The standard InChI is InChI=1S/C11H20N2O/c1-5-13-7-6-12-10(13)8-11(4,14)9(2)3/h6-7,9,14H,5,8H2,1-4H3. The smallest absolute Gasteiger partial charge is 0.111 e. The summed E-state index contributed by atoms with van der Waals surface area (Å²) in [4.78, 5) is 4.26. The van der Waals surface area contributed by atoms with Crippen LogP contribution in [0.5, 0.6) is 0 Å². The maximum atomic E-state index is 10.1. The SMILES string of the molecule is CCn1ccnc1CC(C)(O)C(C)C. The van der Waals surface area contributed by atoms with Gasteiger partial charge in [-0.15, -0.1) is 0 Å². The molecule has 14 heavy (non-hydrogen) atoms. The third-order valence-electron chi connectivity index (χ3n) is 2.90. The average Bonchev–Trinajstić information content (AvgIpc) is 2.50. The van der Waals surface area contributed by atoms with Crippen molar-refractivity contribution in [2.24, 2.45) is 5.92 Å². The Labute approximate surface area is 85.8 Å². The number of hydrogen-bond donors (Lipinski definition) is 1. The van der Waals surface area contributed by atoms with Gasteiger partial charge in [-0.2, -0.15) is 0 Å². The van der Waals surface area contributed by atoms with E-state index in [1.165, 1.54) is 0 Å². The van der Waals surface area contributed by atoms with Gasteiger partial charge in [0.05, 0.1) is 5.60 Å². The molecule has 0 amide bonds. The lowest BCUT2D eigenvalue weighted by Gasteiger charge is -2.27. The van der Waals surface area contributed by atoms with Crippen LogP contribution >= 0.6 is 0 Å². The van der Waals surface area contributed by atoms with Crippen molar-refractivity contribution in [3.8, 4) is 0 Å². The number of aromatic nitrogens is 2.